The molecule has 140 valence electrons. The van der Waals surface area contributed by atoms with Gasteiger partial charge in [0.2, 0.25) is 0 Å². The lowest BCUT2D eigenvalue weighted by atomic mass is 9.88. The lowest BCUT2D eigenvalue weighted by Crippen LogP contribution is -2.10. The average molecular weight is 476 g/mol. The Kier molecular flexibility index (Phi) is 5.96. The summed E-state index contributed by atoms with van der Waals surface area (Å²) in [5.74, 6) is -0.146. The number of hydrogen-bond donors (Lipinski definition) is 3. The Hall–Kier alpha value is -2.19. The van der Waals surface area contributed by atoms with Crippen molar-refractivity contribution in [3.05, 3.63) is 62.9 Å². The molecular weight excluding hydrogens is 455 g/mol. The number of fused-ring (bicyclic) bond motifs is 1. The van der Waals surface area contributed by atoms with Crippen molar-refractivity contribution < 1.29 is 14.7 Å². The number of nitrogen functional groups attached to an aromatic ring is 1. The first-order valence-electron chi connectivity index (χ1n) is 8.71. The van der Waals surface area contributed by atoms with Crippen molar-refractivity contribution in [2.24, 2.45) is 0 Å². The molecule has 0 saturated carbocycles. The van der Waals surface area contributed by atoms with Crippen LogP contribution in [-0.4, -0.2) is 28.3 Å². The molecule has 0 aliphatic heterocycles. The molecule has 1 unspecified atom stereocenters. The number of nitrogens with two attached hydrogens (primary N) is 1. The zero-order chi connectivity index (χ0) is 19.6. The SMILES string of the molecule is CC(=O)c1ccc2[nH]cc(C(CCO)CC(=O)c3ccc(N)c(I)c3)c2c1. The fourth-order valence-corrected chi connectivity index (χ4v) is 3.78. The van der Waals surface area contributed by atoms with Crippen LogP contribution in [0.1, 0.15) is 52.0 Å². The number of rotatable bonds is 7. The predicted molar refractivity (Wildman–Crippen MR) is 115 cm³/mol. The van der Waals surface area contributed by atoms with Gasteiger partial charge in [0.05, 0.1) is 0 Å². The smallest absolute Gasteiger partial charge is 0.163 e. The number of carbonyl (C=O) groups excluding carboxylic acids is 2. The van der Waals surface area contributed by atoms with Crippen LogP contribution in [0.5, 0.6) is 0 Å². The van der Waals surface area contributed by atoms with Crippen molar-refractivity contribution in [3.63, 3.8) is 0 Å². The number of benzene rings is 2. The van der Waals surface area contributed by atoms with E-state index >= 15 is 0 Å². The number of ketones is 2. The molecule has 0 aliphatic rings. The zero-order valence-electron chi connectivity index (χ0n) is 15.0. The van der Waals surface area contributed by atoms with E-state index < -0.39 is 0 Å². The van der Waals surface area contributed by atoms with Gasteiger partial charge >= 0.3 is 0 Å². The van der Waals surface area contributed by atoms with Crippen LogP contribution in [-0.2, 0) is 0 Å². The van der Waals surface area contributed by atoms with Gasteiger partial charge in [0.1, 0.15) is 0 Å². The van der Waals surface area contributed by atoms with Gasteiger partial charge in [0.25, 0.3) is 0 Å². The van der Waals surface area contributed by atoms with Crippen molar-refractivity contribution >= 4 is 50.7 Å². The molecular formula is C21H21IN2O3. The molecule has 1 heterocycles. The van der Waals surface area contributed by atoms with E-state index in [2.05, 4.69) is 27.6 Å². The molecule has 0 saturated heterocycles. The summed E-state index contributed by atoms with van der Waals surface area (Å²) in [6.45, 7) is 1.52. The third-order valence-electron chi connectivity index (χ3n) is 4.79. The maximum absolute atomic E-state index is 12.8. The number of halogens is 1. The summed E-state index contributed by atoms with van der Waals surface area (Å²) in [5.41, 5.74) is 9.57. The highest BCUT2D eigenvalue weighted by molar-refractivity contribution is 14.1. The molecule has 0 aliphatic carbocycles. The number of carbonyl (C=O) groups is 2. The number of nitrogens with one attached hydrogen (secondary N) is 1. The molecule has 6 heteroatoms. The standard InChI is InChI=1S/C21H21IN2O3/c1-12(26)13-3-5-20-16(8-13)17(11-24-20)14(6-7-25)10-21(27)15-2-4-19(23)18(22)9-15/h2-5,8-9,11,14,24-25H,6-7,10,23H2,1H3. The topological polar surface area (TPSA) is 96.2 Å². The molecule has 4 N–H and O–H groups in total. The second-order valence-corrected chi connectivity index (χ2v) is 7.80. The first-order chi connectivity index (χ1) is 12.9. The summed E-state index contributed by atoms with van der Waals surface area (Å²) in [5, 5.41) is 10.4. The Bertz CT molecular complexity index is 1010. The summed E-state index contributed by atoms with van der Waals surface area (Å²) in [6.07, 6.45) is 2.61. The molecule has 0 amide bonds. The first-order valence-corrected chi connectivity index (χ1v) is 9.79. The number of anilines is 1. The van der Waals surface area contributed by atoms with E-state index in [1.54, 1.807) is 24.3 Å². The lowest BCUT2D eigenvalue weighted by molar-refractivity contribution is 0.0967. The van der Waals surface area contributed by atoms with Crippen LogP contribution in [0.4, 0.5) is 5.69 Å². The summed E-state index contributed by atoms with van der Waals surface area (Å²) in [7, 11) is 0. The molecule has 1 aromatic heterocycles. The van der Waals surface area contributed by atoms with Crippen LogP contribution >= 0.6 is 22.6 Å². The summed E-state index contributed by atoms with van der Waals surface area (Å²) in [4.78, 5) is 27.7. The maximum Gasteiger partial charge on any atom is 0.163 e. The van der Waals surface area contributed by atoms with Crippen LogP contribution in [0.2, 0.25) is 0 Å². The van der Waals surface area contributed by atoms with Gasteiger partial charge in [0.15, 0.2) is 11.6 Å². The van der Waals surface area contributed by atoms with Gasteiger partial charge in [-0.05, 0) is 83.8 Å². The molecule has 2 aromatic carbocycles. The van der Waals surface area contributed by atoms with Gasteiger partial charge in [0, 0.05) is 50.5 Å². The number of Topliss-reactive ketones (excluding diaryl/α,β-unsaturated/α-hetero) is 2. The molecule has 3 rings (SSSR count). The molecule has 0 radical (unpaired) electrons. The number of aromatic amines is 1. The van der Waals surface area contributed by atoms with Crippen LogP contribution in [0.3, 0.4) is 0 Å². The average Bonchev–Trinajstić information content (AvgIpc) is 3.06. The minimum absolute atomic E-state index is 0.00318. The second kappa shape index (κ2) is 8.22. The summed E-state index contributed by atoms with van der Waals surface area (Å²) in [6, 6.07) is 10.8. The zero-order valence-corrected chi connectivity index (χ0v) is 17.1. The Morgan fingerprint density at radius 1 is 1.19 bits per heavy atom. The summed E-state index contributed by atoms with van der Waals surface area (Å²) < 4.78 is 0.843. The van der Waals surface area contributed by atoms with Gasteiger partial charge in [-0.3, -0.25) is 9.59 Å². The number of aliphatic hydroxyl groups excluding tert-OH is 1. The fraction of sp³-hybridized carbons (Fsp3) is 0.238. The van der Waals surface area contributed by atoms with E-state index in [0.29, 0.717) is 23.2 Å². The maximum atomic E-state index is 12.8. The molecule has 0 fully saturated rings. The molecule has 0 spiro atoms. The van der Waals surface area contributed by atoms with Gasteiger partial charge in [-0.1, -0.05) is 0 Å². The monoisotopic (exact) mass is 476 g/mol. The van der Waals surface area contributed by atoms with Crippen LogP contribution in [0, 0.1) is 3.57 Å². The number of aliphatic hydroxyl groups is 1. The third kappa shape index (κ3) is 4.22. The molecule has 27 heavy (non-hydrogen) atoms. The van der Waals surface area contributed by atoms with Gasteiger partial charge in [-0.25, -0.2) is 0 Å². The van der Waals surface area contributed by atoms with Crippen molar-refractivity contribution in [1.82, 2.24) is 4.98 Å². The van der Waals surface area contributed by atoms with Crippen molar-refractivity contribution in [2.45, 2.75) is 25.7 Å². The Labute approximate surface area is 171 Å². The van der Waals surface area contributed by atoms with Crippen LogP contribution in [0.15, 0.2) is 42.6 Å². The first kappa shape index (κ1) is 19.6. The largest absolute Gasteiger partial charge is 0.398 e. The van der Waals surface area contributed by atoms with E-state index in [9.17, 15) is 14.7 Å². The highest BCUT2D eigenvalue weighted by Gasteiger charge is 2.21. The predicted octanol–water partition coefficient (Wildman–Crippen LogP) is 4.30. The number of aromatic nitrogens is 1. The van der Waals surface area contributed by atoms with Crippen molar-refractivity contribution in [1.29, 1.82) is 0 Å². The molecule has 5 nitrogen and oxygen atoms in total. The van der Waals surface area contributed by atoms with E-state index in [1.807, 2.05) is 18.3 Å². The Morgan fingerprint density at radius 3 is 2.59 bits per heavy atom. The quantitative estimate of drug-likeness (QED) is 0.269. The van der Waals surface area contributed by atoms with Crippen molar-refractivity contribution in [3.8, 4) is 0 Å². The number of hydrogen-bond acceptors (Lipinski definition) is 4. The van der Waals surface area contributed by atoms with Crippen molar-refractivity contribution in [2.75, 3.05) is 12.3 Å². The van der Waals surface area contributed by atoms with Gasteiger partial charge in [-0.15, -0.1) is 0 Å². The van der Waals surface area contributed by atoms with E-state index in [0.717, 1.165) is 20.0 Å². The third-order valence-corrected chi connectivity index (χ3v) is 5.73. The minimum Gasteiger partial charge on any atom is -0.398 e. The van der Waals surface area contributed by atoms with E-state index in [1.165, 1.54) is 6.92 Å². The Balaban J connectivity index is 1.94. The molecule has 0 bridgehead atoms. The Morgan fingerprint density at radius 2 is 1.93 bits per heavy atom. The lowest BCUT2D eigenvalue weighted by Gasteiger charge is -2.15. The highest BCUT2D eigenvalue weighted by Crippen LogP contribution is 2.32. The molecule has 1 atom stereocenters. The normalized spacial score (nSPS) is 12.3. The summed E-state index contributed by atoms with van der Waals surface area (Å²) >= 11 is 2.11. The van der Waals surface area contributed by atoms with E-state index in [-0.39, 0.29) is 30.5 Å². The molecule has 3 aromatic rings. The highest BCUT2D eigenvalue weighted by atomic mass is 127. The van der Waals surface area contributed by atoms with Crippen LogP contribution in [0.25, 0.3) is 10.9 Å². The number of H-pyrrole nitrogens is 1. The minimum atomic E-state index is -0.145. The van der Waals surface area contributed by atoms with Gasteiger partial charge in [-0.2, -0.15) is 0 Å². The van der Waals surface area contributed by atoms with Gasteiger partial charge < -0.3 is 15.8 Å². The van der Waals surface area contributed by atoms with Crippen LogP contribution < -0.4 is 5.73 Å². The second-order valence-electron chi connectivity index (χ2n) is 6.63. The van der Waals surface area contributed by atoms with E-state index in [4.69, 9.17) is 5.73 Å². The fourth-order valence-electron chi connectivity index (χ4n) is 3.26.